The number of para-hydroxylation sites is 1. The minimum atomic E-state index is -0.142. The van der Waals surface area contributed by atoms with E-state index in [0.29, 0.717) is 10.6 Å². The van der Waals surface area contributed by atoms with E-state index >= 15 is 0 Å². The Morgan fingerprint density at radius 3 is 2.42 bits per heavy atom. The van der Waals surface area contributed by atoms with Crippen molar-refractivity contribution in [3.05, 3.63) is 95.8 Å². The summed E-state index contributed by atoms with van der Waals surface area (Å²) >= 11 is 5.99. The number of fused-ring (bicyclic) bond motifs is 1. The number of carbonyl (C=O) groups excluding carboxylic acids is 1. The number of aromatic nitrogens is 1. The third kappa shape index (κ3) is 3.30. The topological polar surface area (TPSA) is 42.0 Å². The van der Waals surface area contributed by atoms with E-state index in [0.717, 1.165) is 27.6 Å². The average Bonchev–Trinajstić information content (AvgIpc) is 2.68. The number of amides is 1. The first-order valence-electron chi connectivity index (χ1n) is 8.21. The molecule has 126 valence electrons. The number of carbonyl (C=O) groups is 1. The molecule has 0 atom stereocenters. The highest BCUT2D eigenvalue weighted by atomic mass is 35.5. The predicted octanol–water partition coefficient (Wildman–Crippen LogP) is 5.81. The summed E-state index contributed by atoms with van der Waals surface area (Å²) in [6, 6.07) is 22.7. The largest absolute Gasteiger partial charge is 0.322 e. The Kier molecular flexibility index (Phi) is 4.38. The molecule has 4 heteroatoms. The van der Waals surface area contributed by atoms with E-state index in [1.165, 1.54) is 0 Å². The zero-order valence-corrected chi connectivity index (χ0v) is 14.6. The van der Waals surface area contributed by atoms with Gasteiger partial charge in [0.2, 0.25) is 0 Å². The Balaban J connectivity index is 1.75. The summed E-state index contributed by atoms with van der Waals surface area (Å²) in [7, 11) is 0. The molecule has 3 nitrogen and oxygen atoms in total. The zero-order valence-electron chi connectivity index (χ0n) is 13.8. The number of pyridine rings is 1. The van der Waals surface area contributed by atoms with Gasteiger partial charge in [-0.15, -0.1) is 0 Å². The molecule has 26 heavy (non-hydrogen) atoms. The van der Waals surface area contributed by atoms with Crippen LogP contribution in [0.15, 0.2) is 85.2 Å². The highest BCUT2D eigenvalue weighted by molar-refractivity contribution is 6.30. The maximum Gasteiger partial charge on any atom is 0.255 e. The fourth-order valence-electron chi connectivity index (χ4n) is 2.89. The van der Waals surface area contributed by atoms with E-state index in [2.05, 4.69) is 10.3 Å². The monoisotopic (exact) mass is 358 g/mol. The second-order valence-corrected chi connectivity index (χ2v) is 6.39. The van der Waals surface area contributed by atoms with E-state index in [9.17, 15) is 4.79 Å². The van der Waals surface area contributed by atoms with Crippen LogP contribution in [-0.4, -0.2) is 10.9 Å². The maximum atomic E-state index is 12.6. The number of anilines is 1. The molecular formula is C22H15ClN2O. The van der Waals surface area contributed by atoms with E-state index < -0.39 is 0 Å². The molecule has 0 bridgehead atoms. The highest BCUT2D eigenvalue weighted by Crippen LogP contribution is 2.29. The number of nitrogens with one attached hydrogen (secondary N) is 1. The van der Waals surface area contributed by atoms with Gasteiger partial charge in [-0.05, 0) is 47.3 Å². The van der Waals surface area contributed by atoms with Crippen molar-refractivity contribution in [3.8, 4) is 11.1 Å². The summed E-state index contributed by atoms with van der Waals surface area (Å²) in [5.41, 5.74) is 3.34. The van der Waals surface area contributed by atoms with Crippen molar-refractivity contribution in [2.75, 3.05) is 5.32 Å². The first-order chi connectivity index (χ1) is 12.7. The molecule has 0 saturated heterocycles. The van der Waals surface area contributed by atoms with Gasteiger partial charge in [0.15, 0.2) is 0 Å². The Labute approximate surface area is 156 Å². The Hall–Kier alpha value is -3.17. The molecule has 0 spiro atoms. The third-order valence-corrected chi connectivity index (χ3v) is 4.46. The molecule has 0 fully saturated rings. The molecule has 0 radical (unpaired) electrons. The molecule has 1 N–H and O–H groups in total. The lowest BCUT2D eigenvalue weighted by Gasteiger charge is -2.09. The van der Waals surface area contributed by atoms with E-state index in [1.54, 1.807) is 6.20 Å². The summed E-state index contributed by atoms with van der Waals surface area (Å²) in [5.74, 6) is -0.142. The highest BCUT2D eigenvalue weighted by Gasteiger charge is 2.10. The Bertz CT molecular complexity index is 1080. The van der Waals surface area contributed by atoms with Gasteiger partial charge in [0.1, 0.15) is 0 Å². The molecule has 1 amide bonds. The van der Waals surface area contributed by atoms with Gasteiger partial charge in [-0.25, -0.2) is 0 Å². The van der Waals surface area contributed by atoms with Gasteiger partial charge in [0, 0.05) is 39.6 Å². The number of benzene rings is 3. The lowest BCUT2D eigenvalue weighted by Crippen LogP contribution is -2.11. The van der Waals surface area contributed by atoms with Gasteiger partial charge < -0.3 is 5.32 Å². The van der Waals surface area contributed by atoms with Crippen molar-refractivity contribution in [3.63, 3.8) is 0 Å². The van der Waals surface area contributed by atoms with Crippen molar-refractivity contribution in [2.45, 2.75) is 0 Å². The van der Waals surface area contributed by atoms with Gasteiger partial charge >= 0.3 is 0 Å². The van der Waals surface area contributed by atoms with Crippen LogP contribution in [0.1, 0.15) is 10.4 Å². The van der Waals surface area contributed by atoms with Crippen molar-refractivity contribution in [1.29, 1.82) is 0 Å². The first-order valence-corrected chi connectivity index (χ1v) is 8.58. The minimum Gasteiger partial charge on any atom is -0.322 e. The van der Waals surface area contributed by atoms with Crippen LogP contribution < -0.4 is 5.32 Å². The predicted molar refractivity (Wildman–Crippen MR) is 107 cm³/mol. The van der Waals surface area contributed by atoms with Crippen molar-refractivity contribution < 1.29 is 4.79 Å². The summed E-state index contributed by atoms with van der Waals surface area (Å²) in [6.45, 7) is 0. The second kappa shape index (κ2) is 6.98. The van der Waals surface area contributed by atoms with Crippen LogP contribution >= 0.6 is 11.6 Å². The smallest absolute Gasteiger partial charge is 0.255 e. The van der Waals surface area contributed by atoms with Crippen LogP contribution in [0.4, 0.5) is 5.69 Å². The molecule has 1 heterocycles. The second-order valence-electron chi connectivity index (χ2n) is 5.95. The van der Waals surface area contributed by atoms with Crippen LogP contribution in [0.2, 0.25) is 5.02 Å². The van der Waals surface area contributed by atoms with Crippen molar-refractivity contribution in [1.82, 2.24) is 4.98 Å². The average molecular weight is 359 g/mol. The molecule has 0 aliphatic heterocycles. The Morgan fingerprint density at radius 2 is 1.65 bits per heavy atom. The molecule has 4 aromatic rings. The van der Waals surface area contributed by atoms with Crippen LogP contribution in [0.5, 0.6) is 0 Å². The van der Waals surface area contributed by atoms with Gasteiger partial charge in [-0.1, -0.05) is 48.0 Å². The summed E-state index contributed by atoms with van der Waals surface area (Å²) in [6.07, 6.45) is 3.61. The van der Waals surface area contributed by atoms with Crippen LogP contribution in [0.3, 0.4) is 0 Å². The number of rotatable bonds is 3. The normalized spacial score (nSPS) is 10.7. The molecule has 0 aliphatic rings. The number of halogens is 1. The molecular weight excluding hydrogens is 344 g/mol. The van der Waals surface area contributed by atoms with Crippen LogP contribution in [0.25, 0.3) is 21.9 Å². The summed E-state index contributed by atoms with van der Waals surface area (Å²) in [4.78, 5) is 16.9. The third-order valence-electron chi connectivity index (χ3n) is 4.21. The van der Waals surface area contributed by atoms with Gasteiger partial charge in [0.05, 0.1) is 0 Å². The maximum absolute atomic E-state index is 12.6. The summed E-state index contributed by atoms with van der Waals surface area (Å²) < 4.78 is 0. The molecule has 3 aromatic carbocycles. The molecule has 4 rings (SSSR count). The lowest BCUT2D eigenvalue weighted by atomic mass is 9.99. The Morgan fingerprint density at radius 1 is 0.885 bits per heavy atom. The van der Waals surface area contributed by atoms with Crippen LogP contribution in [-0.2, 0) is 0 Å². The van der Waals surface area contributed by atoms with Gasteiger partial charge in [-0.2, -0.15) is 0 Å². The van der Waals surface area contributed by atoms with Crippen molar-refractivity contribution >= 4 is 34.0 Å². The molecule has 0 unspecified atom stereocenters. The van der Waals surface area contributed by atoms with E-state index in [1.807, 2.05) is 79.0 Å². The van der Waals surface area contributed by atoms with E-state index in [-0.39, 0.29) is 5.91 Å². The van der Waals surface area contributed by atoms with Crippen LogP contribution in [0, 0.1) is 0 Å². The minimum absolute atomic E-state index is 0.142. The van der Waals surface area contributed by atoms with Gasteiger partial charge in [0.25, 0.3) is 5.91 Å². The molecule has 1 aromatic heterocycles. The fourth-order valence-corrected chi connectivity index (χ4v) is 3.02. The SMILES string of the molecule is O=C(Nc1ccccc1)c1ccc2cncc(-c3ccc(Cl)cc3)c2c1. The summed E-state index contributed by atoms with van der Waals surface area (Å²) in [5, 5.41) is 5.56. The quantitative estimate of drug-likeness (QED) is 0.502. The molecule has 0 aliphatic carbocycles. The van der Waals surface area contributed by atoms with Crippen molar-refractivity contribution in [2.24, 2.45) is 0 Å². The standard InChI is InChI=1S/C22H15ClN2O/c23-18-10-8-15(9-11-18)21-14-24-13-17-7-6-16(12-20(17)21)22(26)25-19-4-2-1-3-5-19/h1-14H,(H,25,26). The lowest BCUT2D eigenvalue weighted by molar-refractivity contribution is 0.102. The number of hydrogen-bond acceptors (Lipinski definition) is 2. The number of nitrogens with zero attached hydrogens (tertiary/aromatic N) is 1. The zero-order chi connectivity index (χ0) is 17.9. The number of hydrogen-bond donors (Lipinski definition) is 1. The van der Waals surface area contributed by atoms with Gasteiger partial charge in [-0.3, -0.25) is 9.78 Å². The van der Waals surface area contributed by atoms with E-state index in [4.69, 9.17) is 11.6 Å². The molecule has 0 saturated carbocycles. The fraction of sp³-hybridized carbons (Fsp3) is 0. The first kappa shape index (κ1) is 16.3.